The number of nitrogens with one attached hydrogen (secondary N) is 1. The Morgan fingerprint density at radius 1 is 1.60 bits per heavy atom. The molecule has 5 nitrogen and oxygen atoms in total. The van der Waals surface area contributed by atoms with E-state index in [-0.39, 0.29) is 5.91 Å². The van der Waals surface area contributed by atoms with E-state index in [0.29, 0.717) is 12.1 Å². The fraction of sp³-hybridized carbons (Fsp3) is 0.933. The van der Waals surface area contributed by atoms with Crippen molar-refractivity contribution in [3.05, 3.63) is 0 Å². The molecule has 1 aliphatic rings. The summed E-state index contributed by atoms with van der Waals surface area (Å²) in [4.78, 5) is 16.5. The van der Waals surface area contributed by atoms with Crippen LogP contribution >= 0.6 is 0 Å². The number of hydrogen-bond donors (Lipinski definition) is 2. The van der Waals surface area contributed by atoms with Gasteiger partial charge in [-0.05, 0) is 60.3 Å². The maximum absolute atomic E-state index is 11.7. The molecule has 20 heavy (non-hydrogen) atoms. The number of likely N-dealkylation sites (N-methyl/N-ethyl adjacent to an activating group) is 3. The molecule has 1 fully saturated rings. The zero-order chi connectivity index (χ0) is 15.3. The second-order valence-electron chi connectivity index (χ2n) is 6.50. The van der Waals surface area contributed by atoms with E-state index in [1.807, 2.05) is 13.8 Å². The molecule has 0 aromatic rings. The van der Waals surface area contributed by atoms with Crippen molar-refractivity contribution in [2.45, 2.75) is 57.7 Å². The Bertz CT molecular complexity index is 323. The molecule has 0 aliphatic carbocycles. The summed E-state index contributed by atoms with van der Waals surface area (Å²) in [7, 11) is 4.34. The van der Waals surface area contributed by atoms with Crippen molar-refractivity contribution in [3.63, 3.8) is 0 Å². The van der Waals surface area contributed by atoms with Gasteiger partial charge >= 0.3 is 0 Å². The number of rotatable bonds is 8. The molecule has 0 spiro atoms. The van der Waals surface area contributed by atoms with E-state index in [2.05, 4.69) is 36.1 Å². The molecule has 0 radical (unpaired) electrons. The van der Waals surface area contributed by atoms with Gasteiger partial charge in [0.1, 0.15) is 0 Å². The second kappa shape index (κ2) is 7.38. The number of carbonyl (C=O) groups is 1. The first-order valence-corrected chi connectivity index (χ1v) is 7.75. The van der Waals surface area contributed by atoms with Crippen LogP contribution in [0.1, 0.15) is 40.0 Å². The zero-order valence-electron chi connectivity index (χ0n) is 13.8. The average molecular weight is 284 g/mol. The normalized spacial score (nSPS) is 24.8. The van der Waals surface area contributed by atoms with Gasteiger partial charge in [-0.1, -0.05) is 6.92 Å². The van der Waals surface area contributed by atoms with E-state index in [9.17, 15) is 4.79 Å². The van der Waals surface area contributed by atoms with E-state index in [1.165, 1.54) is 19.4 Å². The molecule has 118 valence electrons. The summed E-state index contributed by atoms with van der Waals surface area (Å²) in [5, 5.41) is 3.24. The molecule has 5 heteroatoms. The lowest BCUT2D eigenvalue weighted by atomic mass is 9.92. The molecule has 0 saturated carbocycles. The zero-order valence-corrected chi connectivity index (χ0v) is 13.8. The Morgan fingerprint density at radius 2 is 2.25 bits per heavy atom. The maximum Gasteiger partial charge on any atom is 0.237 e. The van der Waals surface area contributed by atoms with Crippen molar-refractivity contribution in [2.24, 2.45) is 5.73 Å². The molecule has 3 atom stereocenters. The van der Waals surface area contributed by atoms with Crippen molar-refractivity contribution in [1.82, 2.24) is 15.1 Å². The molecule has 3 unspecified atom stereocenters. The summed E-state index contributed by atoms with van der Waals surface area (Å²) < 4.78 is 0. The third-order valence-electron chi connectivity index (χ3n) is 4.74. The predicted molar refractivity (Wildman–Crippen MR) is 83.6 cm³/mol. The number of primary amides is 1. The highest BCUT2D eigenvalue weighted by atomic mass is 16.1. The van der Waals surface area contributed by atoms with Crippen LogP contribution in [-0.2, 0) is 4.79 Å². The molecule has 1 amide bonds. The molecular weight excluding hydrogens is 252 g/mol. The van der Waals surface area contributed by atoms with Crippen LogP contribution in [0.5, 0.6) is 0 Å². The summed E-state index contributed by atoms with van der Waals surface area (Å²) in [6.45, 7) is 9.09. The van der Waals surface area contributed by atoms with Crippen molar-refractivity contribution in [3.8, 4) is 0 Å². The van der Waals surface area contributed by atoms with Gasteiger partial charge in [-0.15, -0.1) is 0 Å². The lowest BCUT2D eigenvalue weighted by Crippen LogP contribution is -2.56. The number of amides is 1. The smallest absolute Gasteiger partial charge is 0.237 e. The average Bonchev–Trinajstić information content (AvgIpc) is 2.75. The largest absolute Gasteiger partial charge is 0.368 e. The quantitative estimate of drug-likeness (QED) is 0.687. The standard InChI is InChI=1S/C15H32N4O/c1-6-17-15(3,14(16)20)10-12(2)19(5)11-13-8-7-9-18(13)4/h12-13,17H,6-11H2,1-5H3,(H2,16,20). The first-order chi connectivity index (χ1) is 9.30. The highest BCUT2D eigenvalue weighted by Gasteiger charge is 2.33. The molecule has 0 aromatic heterocycles. The second-order valence-corrected chi connectivity index (χ2v) is 6.50. The van der Waals surface area contributed by atoms with Crippen LogP contribution in [-0.4, -0.2) is 67.1 Å². The molecular formula is C15H32N4O. The van der Waals surface area contributed by atoms with Gasteiger partial charge < -0.3 is 20.9 Å². The van der Waals surface area contributed by atoms with Gasteiger partial charge in [0.25, 0.3) is 0 Å². The Labute approximate surface area is 123 Å². The van der Waals surface area contributed by atoms with Crippen LogP contribution in [0.4, 0.5) is 0 Å². The Hall–Kier alpha value is -0.650. The molecule has 1 heterocycles. The molecule has 0 bridgehead atoms. The highest BCUT2D eigenvalue weighted by Crippen LogP contribution is 2.19. The van der Waals surface area contributed by atoms with E-state index in [4.69, 9.17) is 5.73 Å². The minimum Gasteiger partial charge on any atom is -0.368 e. The van der Waals surface area contributed by atoms with Gasteiger partial charge in [0.15, 0.2) is 0 Å². The SMILES string of the molecule is CCNC(C)(CC(C)N(C)CC1CCCN1C)C(N)=O. The minimum atomic E-state index is -0.621. The summed E-state index contributed by atoms with van der Waals surface area (Å²) in [5.74, 6) is -0.266. The lowest BCUT2D eigenvalue weighted by molar-refractivity contribution is -0.124. The number of nitrogens with two attached hydrogens (primary N) is 1. The number of carbonyl (C=O) groups excluding carboxylic acids is 1. The topological polar surface area (TPSA) is 61.6 Å². The molecule has 1 saturated heterocycles. The first kappa shape index (κ1) is 17.4. The van der Waals surface area contributed by atoms with Crippen LogP contribution in [0, 0.1) is 0 Å². The third kappa shape index (κ3) is 4.43. The fourth-order valence-corrected chi connectivity index (χ4v) is 3.12. The first-order valence-electron chi connectivity index (χ1n) is 7.75. The maximum atomic E-state index is 11.7. The van der Waals surface area contributed by atoms with E-state index >= 15 is 0 Å². The van der Waals surface area contributed by atoms with Gasteiger partial charge in [-0.3, -0.25) is 4.79 Å². The Kier molecular flexibility index (Phi) is 6.43. The Balaban J connectivity index is 2.55. The summed E-state index contributed by atoms with van der Waals surface area (Å²) in [6, 6.07) is 0.960. The van der Waals surface area contributed by atoms with Gasteiger partial charge in [-0.25, -0.2) is 0 Å². The molecule has 1 aliphatic heterocycles. The summed E-state index contributed by atoms with van der Waals surface area (Å²) in [6.07, 6.45) is 3.30. The van der Waals surface area contributed by atoms with Crippen LogP contribution in [0.3, 0.4) is 0 Å². The van der Waals surface area contributed by atoms with E-state index in [1.54, 1.807) is 0 Å². The highest BCUT2D eigenvalue weighted by molar-refractivity contribution is 5.84. The number of nitrogens with zero attached hydrogens (tertiary/aromatic N) is 2. The van der Waals surface area contributed by atoms with Crippen molar-refractivity contribution in [2.75, 3.05) is 33.7 Å². The van der Waals surface area contributed by atoms with Crippen molar-refractivity contribution < 1.29 is 4.79 Å². The van der Waals surface area contributed by atoms with Crippen LogP contribution in [0.15, 0.2) is 0 Å². The van der Waals surface area contributed by atoms with Gasteiger partial charge in [0, 0.05) is 18.6 Å². The van der Waals surface area contributed by atoms with Gasteiger partial charge in [0.2, 0.25) is 5.91 Å². The summed E-state index contributed by atoms with van der Waals surface area (Å²) in [5.41, 5.74) is 4.94. The number of hydrogen-bond acceptors (Lipinski definition) is 4. The van der Waals surface area contributed by atoms with Gasteiger partial charge in [-0.2, -0.15) is 0 Å². The minimum absolute atomic E-state index is 0.266. The molecule has 3 N–H and O–H groups in total. The van der Waals surface area contributed by atoms with Crippen LogP contribution in [0.2, 0.25) is 0 Å². The summed E-state index contributed by atoms with van der Waals surface area (Å²) >= 11 is 0. The van der Waals surface area contributed by atoms with Crippen molar-refractivity contribution >= 4 is 5.91 Å². The van der Waals surface area contributed by atoms with Crippen LogP contribution < -0.4 is 11.1 Å². The van der Waals surface area contributed by atoms with Crippen molar-refractivity contribution in [1.29, 1.82) is 0 Å². The van der Waals surface area contributed by atoms with Crippen LogP contribution in [0.25, 0.3) is 0 Å². The van der Waals surface area contributed by atoms with E-state index in [0.717, 1.165) is 19.5 Å². The predicted octanol–water partition coefficient (Wildman–Crippen LogP) is 0.645. The van der Waals surface area contributed by atoms with Gasteiger partial charge in [0.05, 0.1) is 5.54 Å². The molecule has 1 rings (SSSR count). The third-order valence-corrected chi connectivity index (χ3v) is 4.74. The lowest BCUT2D eigenvalue weighted by Gasteiger charge is -2.36. The monoisotopic (exact) mass is 284 g/mol. The number of likely N-dealkylation sites (tertiary alicyclic amines) is 1. The van der Waals surface area contributed by atoms with E-state index < -0.39 is 5.54 Å². The fourth-order valence-electron chi connectivity index (χ4n) is 3.12. The Morgan fingerprint density at radius 3 is 2.70 bits per heavy atom. The molecule has 0 aromatic carbocycles.